The minimum Gasteiger partial charge on any atom is -0.480 e. The van der Waals surface area contributed by atoms with Gasteiger partial charge in [-0.2, -0.15) is 0 Å². The van der Waals surface area contributed by atoms with E-state index in [4.69, 9.17) is 0 Å². The molecule has 8 nitrogen and oxygen atoms in total. The molecule has 23 heavy (non-hydrogen) atoms. The molecular formula is C15H18N4O4. The molecule has 2 rings (SSSR count). The van der Waals surface area contributed by atoms with Crippen molar-refractivity contribution in [3.05, 3.63) is 30.1 Å². The van der Waals surface area contributed by atoms with Crippen molar-refractivity contribution in [1.29, 1.82) is 0 Å². The Bertz CT molecular complexity index is 740. The third-order valence-electron chi connectivity index (χ3n) is 3.49. The lowest BCUT2D eigenvalue weighted by Gasteiger charge is -2.26. The third kappa shape index (κ3) is 3.65. The molecule has 2 heterocycles. The lowest BCUT2D eigenvalue weighted by Crippen LogP contribution is -2.46. The number of rotatable bonds is 6. The number of H-pyrrole nitrogens is 1. The molecule has 8 heteroatoms. The molecule has 122 valence electrons. The van der Waals surface area contributed by atoms with Gasteiger partial charge >= 0.3 is 5.97 Å². The highest BCUT2D eigenvalue weighted by Crippen LogP contribution is 2.18. The number of fused-ring (bicyclic) bond motifs is 1. The van der Waals surface area contributed by atoms with Gasteiger partial charge in [0.05, 0.1) is 5.56 Å². The van der Waals surface area contributed by atoms with Gasteiger partial charge in [0.15, 0.2) is 0 Å². The van der Waals surface area contributed by atoms with E-state index in [0.717, 1.165) is 0 Å². The lowest BCUT2D eigenvalue weighted by atomic mass is 10.1. The fourth-order valence-corrected chi connectivity index (χ4v) is 2.24. The lowest BCUT2D eigenvalue weighted by molar-refractivity contribution is -0.141. The van der Waals surface area contributed by atoms with E-state index < -0.39 is 17.9 Å². The molecule has 0 spiro atoms. The number of aliphatic carboxylic acids is 1. The van der Waals surface area contributed by atoms with Gasteiger partial charge in [0.2, 0.25) is 5.91 Å². The van der Waals surface area contributed by atoms with Crippen LogP contribution in [0.15, 0.2) is 24.5 Å². The van der Waals surface area contributed by atoms with Crippen molar-refractivity contribution >= 4 is 28.8 Å². The zero-order valence-electron chi connectivity index (χ0n) is 12.9. The summed E-state index contributed by atoms with van der Waals surface area (Å²) in [4.78, 5) is 43.2. The SMILES string of the molecule is CC(=O)NCCN(C(=O)c1c[nH]c2ncccc12)C(C)C(=O)O. The standard InChI is InChI=1S/C15H18N4O4/c1-9(15(22)23)19(7-6-16-10(2)20)14(21)12-8-18-13-11(12)4-3-5-17-13/h3-5,8-9H,6-7H2,1-2H3,(H,16,20)(H,17,18)(H,22,23). The quantitative estimate of drug-likeness (QED) is 0.722. The maximum atomic E-state index is 12.7. The molecule has 3 N–H and O–H groups in total. The van der Waals surface area contributed by atoms with E-state index in [1.807, 2.05) is 0 Å². The number of nitrogens with zero attached hydrogens (tertiary/aromatic N) is 2. The molecule has 0 aliphatic heterocycles. The molecule has 0 fully saturated rings. The topological polar surface area (TPSA) is 115 Å². The van der Waals surface area contributed by atoms with E-state index in [1.54, 1.807) is 18.3 Å². The van der Waals surface area contributed by atoms with Crippen LogP contribution in [-0.4, -0.2) is 56.9 Å². The van der Waals surface area contributed by atoms with E-state index in [-0.39, 0.29) is 19.0 Å². The molecule has 0 aliphatic carbocycles. The van der Waals surface area contributed by atoms with Gasteiger partial charge in [-0.05, 0) is 19.1 Å². The number of pyridine rings is 1. The Kier molecular flexibility index (Phi) is 4.95. The molecule has 2 aromatic heterocycles. The fraction of sp³-hybridized carbons (Fsp3) is 0.333. The largest absolute Gasteiger partial charge is 0.480 e. The number of carbonyl (C=O) groups is 3. The van der Waals surface area contributed by atoms with Crippen LogP contribution < -0.4 is 5.32 Å². The number of aromatic amines is 1. The summed E-state index contributed by atoms with van der Waals surface area (Å²) < 4.78 is 0. The Morgan fingerprint density at radius 2 is 2.17 bits per heavy atom. The van der Waals surface area contributed by atoms with Crippen LogP contribution >= 0.6 is 0 Å². The molecule has 0 radical (unpaired) electrons. The second-order valence-corrected chi connectivity index (χ2v) is 5.10. The maximum absolute atomic E-state index is 12.7. The molecule has 0 aromatic carbocycles. The van der Waals surface area contributed by atoms with Crippen molar-refractivity contribution in [1.82, 2.24) is 20.2 Å². The maximum Gasteiger partial charge on any atom is 0.326 e. The van der Waals surface area contributed by atoms with Crippen LogP contribution in [0.2, 0.25) is 0 Å². The summed E-state index contributed by atoms with van der Waals surface area (Å²) in [6, 6.07) is 2.43. The van der Waals surface area contributed by atoms with Gasteiger partial charge in [0, 0.05) is 37.8 Å². The number of amides is 2. The number of carboxylic acids is 1. The average Bonchev–Trinajstić information content (AvgIpc) is 2.94. The highest BCUT2D eigenvalue weighted by atomic mass is 16.4. The number of nitrogens with one attached hydrogen (secondary N) is 2. The predicted octanol–water partition coefficient (Wildman–Crippen LogP) is 0.614. The summed E-state index contributed by atoms with van der Waals surface area (Å²) in [7, 11) is 0. The van der Waals surface area contributed by atoms with E-state index in [9.17, 15) is 19.5 Å². The number of hydrogen-bond donors (Lipinski definition) is 3. The normalized spacial score (nSPS) is 11.9. The molecule has 1 atom stereocenters. The first kappa shape index (κ1) is 16.5. The van der Waals surface area contributed by atoms with Crippen molar-refractivity contribution in [3.63, 3.8) is 0 Å². The molecule has 2 aromatic rings. The van der Waals surface area contributed by atoms with Crippen LogP contribution in [0.4, 0.5) is 0 Å². The smallest absolute Gasteiger partial charge is 0.326 e. The zero-order valence-corrected chi connectivity index (χ0v) is 12.9. The van der Waals surface area contributed by atoms with Crippen LogP contribution in [0.1, 0.15) is 24.2 Å². The molecule has 1 unspecified atom stereocenters. The van der Waals surface area contributed by atoms with Gasteiger partial charge in [0.1, 0.15) is 11.7 Å². The van der Waals surface area contributed by atoms with Gasteiger partial charge in [-0.1, -0.05) is 0 Å². The minimum atomic E-state index is -1.11. The van der Waals surface area contributed by atoms with Crippen molar-refractivity contribution < 1.29 is 19.5 Å². The Labute approximate surface area is 132 Å². The van der Waals surface area contributed by atoms with Gasteiger partial charge < -0.3 is 20.3 Å². The number of carbonyl (C=O) groups excluding carboxylic acids is 2. The third-order valence-corrected chi connectivity index (χ3v) is 3.49. The van der Waals surface area contributed by atoms with E-state index in [1.165, 1.54) is 24.9 Å². The summed E-state index contributed by atoms with van der Waals surface area (Å²) in [5.74, 6) is -1.78. The summed E-state index contributed by atoms with van der Waals surface area (Å²) in [5.41, 5.74) is 0.907. The van der Waals surface area contributed by atoms with Gasteiger partial charge in [-0.15, -0.1) is 0 Å². The van der Waals surface area contributed by atoms with Crippen LogP contribution in [-0.2, 0) is 9.59 Å². The first-order valence-electron chi connectivity index (χ1n) is 7.12. The minimum absolute atomic E-state index is 0.0960. The highest BCUT2D eigenvalue weighted by molar-refractivity contribution is 6.06. The van der Waals surface area contributed by atoms with E-state index in [0.29, 0.717) is 16.6 Å². The Morgan fingerprint density at radius 3 is 2.83 bits per heavy atom. The number of hydrogen-bond acceptors (Lipinski definition) is 4. The first-order chi connectivity index (χ1) is 10.9. The Balaban J connectivity index is 2.28. The Morgan fingerprint density at radius 1 is 1.43 bits per heavy atom. The highest BCUT2D eigenvalue weighted by Gasteiger charge is 2.27. The van der Waals surface area contributed by atoms with E-state index in [2.05, 4.69) is 15.3 Å². The second kappa shape index (κ2) is 6.91. The van der Waals surface area contributed by atoms with E-state index >= 15 is 0 Å². The van der Waals surface area contributed by atoms with Crippen molar-refractivity contribution in [2.24, 2.45) is 0 Å². The van der Waals surface area contributed by atoms with Crippen molar-refractivity contribution in [2.45, 2.75) is 19.9 Å². The molecule has 0 saturated carbocycles. The second-order valence-electron chi connectivity index (χ2n) is 5.10. The molecule has 0 bridgehead atoms. The average molecular weight is 318 g/mol. The van der Waals surface area contributed by atoms with Crippen LogP contribution in [0.5, 0.6) is 0 Å². The molecule has 2 amide bonds. The summed E-state index contributed by atoms with van der Waals surface area (Å²) in [5, 5.41) is 12.4. The van der Waals surface area contributed by atoms with Crippen LogP contribution in [0.3, 0.4) is 0 Å². The fourth-order valence-electron chi connectivity index (χ4n) is 2.24. The number of aromatic nitrogens is 2. The van der Waals surface area contributed by atoms with Crippen molar-refractivity contribution in [3.8, 4) is 0 Å². The van der Waals surface area contributed by atoms with Crippen LogP contribution in [0.25, 0.3) is 11.0 Å². The van der Waals surface area contributed by atoms with Gasteiger partial charge in [0.25, 0.3) is 5.91 Å². The Hall–Kier alpha value is -2.90. The molecular weight excluding hydrogens is 300 g/mol. The van der Waals surface area contributed by atoms with Crippen LogP contribution in [0, 0.1) is 0 Å². The predicted molar refractivity (Wildman–Crippen MR) is 82.9 cm³/mol. The number of carboxylic acid groups (broad SMARTS) is 1. The summed E-state index contributed by atoms with van der Waals surface area (Å²) in [6.07, 6.45) is 3.11. The monoisotopic (exact) mass is 318 g/mol. The summed E-state index contributed by atoms with van der Waals surface area (Å²) in [6.45, 7) is 3.07. The first-order valence-corrected chi connectivity index (χ1v) is 7.12. The zero-order chi connectivity index (χ0) is 17.0. The van der Waals surface area contributed by atoms with Gasteiger partial charge in [-0.25, -0.2) is 9.78 Å². The molecule has 0 saturated heterocycles. The van der Waals surface area contributed by atoms with Gasteiger partial charge in [-0.3, -0.25) is 9.59 Å². The molecule has 0 aliphatic rings. The summed E-state index contributed by atoms with van der Waals surface area (Å²) >= 11 is 0. The van der Waals surface area contributed by atoms with Crippen molar-refractivity contribution in [2.75, 3.05) is 13.1 Å².